The lowest BCUT2D eigenvalue weighted by Gasteiger charge is -2.38. The molecule has 0 amide bonds. The zero-order valence-electron chi connectivity index (χ0n) is 16.1. The largest absolute Gasteiger partial charge is 0.392 e. The van der Waals surface area contributed by atoms with E-state index in [4.69, 9.17) is 4.74 Å². The number of methoxy groups -OCH3 is 1. The number of fused-ring (bicyclic) bond motifs is 2. The third-order valence-electron chi connectivity index (χ3n) is 6.93. The SMILES string of the molecule is COC[C@@]1(O)CC[C@@H]2C1=C[C@@]1(C)C(=O)CC(C(C)C)=C1C[C@H](O)[C@@H]2C. The van der Waals surface area contributed by atoms with Crippen LogP contribution in [0.1, 0.15) is 53.4 Å². The van der Waals surface area contributed by atoms with E-state index in [0.29, 0.717) is 25.2 Å². The number of allylic oxidation sites excluding steroid dienone is 2. The second-order valence-corrected chi connectivity index (χ2v) is 8.80. The Kier molecular flexibility index (Phi) is 4.76. The second-order valence-electron chi connectivity index (χ2n) is 8.80. The number of Topliss-reactive ketones (excluding diaryl/α,β-unsaturated/α-hetero) is 1. The number of carbonyl (C=O) groups excluding carboxylic acids is 1. The molecule has 3 aliphatic carbocycles. The molecule has 3 aliphatic rings. The molecule has 2 N–H and O–H groups in total. The summed E-state index contributed by atoms with van der Waals surface area (Å²) < 4.78 is 5.29. The van der Waals surface area contributed by atoms with E-state index in [2.05, 4.69) is 20.8 Å². The summed E-state index contributed by atoms with van der Waals surface area (Å²) >= 11 is 0. The normalized spacial score (nSPS) is 41.5. The van der Waals surface area contributed by atoms with Gasteiger partial charge in [0.1, 0.15) is 5.60 Å². The minimum atomic E-state index is -1.03. The molecule has 0 heterocycles. The fourth-order valence-electron chi connectivity index (χ4n) is 5.22. The molecule has 140 valence electrons. The fraction of sp³-hybridized carbons (Fsp3) is 0.762. The minimum absolute atomic E-state index is 0.0540. The molecular weight excluding hydrogens is 316 g/mol. The summed E-state index contributed by atoms with van der Waals surface area (Å²) in [6.45, 7) is 8.50. The quantitative estimate of drug-likeness (QED) is 0.770. The Hall–Kier alpha value is -0.970. The summed E-state index contributed by atoms with van der Waals surface area (Å²) in [6, 6.07) is 0. The van der Waals surface area contributed by atoms with E-state index in [1.165, 1.54) is 5.57 Å². The lowest BCUT2D eigenvalue weighted by molar-refractivity contribution is -0.122. The number of ether oxygens (including phenoxy) is 1. The molecule has 0 radical (unpaired) electrons. The van der Waals surface area contributed by atoms with Crippen molar-refractivity contribution in [2.75, 3.05) is 13.7 Å². The van der Waals surface area contributed by atoms with Crippen LogP contribution < -0.4 is 0 Å². The molecular formula is C21H32O4. The van der Waals surface area contributed by atoms with Gasteiger partial charge in [-0.3, -0.25) is 4.79 Å². The highest BCUT2D eigenvalue weighted by Gasteiger charge is 2.52. The highest BCUT2D eigenvalue weighted by atomic mass is 16.5. The van der Waals surface area contributed by atoms with E-state index in [0.717, 1.165) is 17.6 Å². The Morgan fingerprint density at radius 3 is 2.68 bits per heavy atom. The van der Waals surface area contributed by atoms with Gasteiger partial charge in [0.15, 0.2) is 5.78 Å². The molecule has 0 bridgehead atoms. The molecule has 0 saturated heterocycles. The Balaban J connectivity index is 2.19. The molecule has 0 spiro atoms. The maximum atomic E-state index is 13.0. The van der Waals surface area contributed by atoms with E-state index < -0.39 is 17.1 Å². The standard InChI is InChI=1S/C21H32O4/c1-12(2)15-8-19(23)20(4)10-17-14(6-7-21(17,24)11-25-5)13(3)18(22)9-16(15)20/h10,12-14,18,22,24H,6-9,11H2,1-5H3/t13-,14+,18+,20-,21+/m1/s1. The van der Waals surface area contributed by atoms with Crippen molar-refractivity contribution in [3.63, 3.8) is 0 Å². The third-order valence-corrected chi connectivity index (χ3v) is 6.93. The summed E-state index contributed by atoms with van der Waals surface area (Å²) in [4.78, 5) is 13.0. The first-order valence-electron chi connectivity index (χ1n) is 9.52. The van der Waals surface area contributed by atoms with Crippen LogP contribution in [0.15, 0.2) is 22.8 Å². The monoisotopic (exact) mass is 348 g/mol. The van der Waals surface area contributed by atoms with Crippen LogP contribution in [-0.4, -0.2) is 41.4 Å². The van der Waals surface area contributed by atoms with Gasteiger partial charge in [-0.15, -0.1) is 0 Å². The number of ketones is 1. The van der Waals surface area contributed by atoms with Gasteiger partial charge in [-0.1, -0.05) is 38.0 Å². The van der Waals surface area contributed by atoms with Crippen molar-refractivity contribution < 1.29 is 19.7 Å². The summed E-state index contributed by atoms with van der Waals surface area (Å²) in [5, 5.41) is 22.1. The number of hydrogen-bond donors (Lipinski definition) is 2. The van der Waals surface area contributed by atoms with Crippen molar-refractivity contribution in [1.29, 1.82) is 0 Å². The van der Waals surface area contributed by atoms with Crippen molar-refractivity contribution in [2.45, 2.75) is 65.1 Å². The van der Waals surface area contributed by atoms with Gasteiger partial charge >= 0.3 is 0 Å². The van der Waals surface area contributed by atoms with Crippen molar-refractivity contribution >= 4 is 5.78 Å². The van der Waals surface area contributed by atoms with Crippen LogP contribution in [0.2, 0.25) is 0 Å². The molecule has 5 atom stereocenters. The number of hydrogen-bond acceptors (Lipinski definition) is 4. The van der Waals surface area contributed by atoms with Crippen LogP contribution in [0.5, 0.6) is 0 Å². The van der Waals surface area contributed by atoms with Gasteiger partial charge in [-0.25, -0.2) is 0 Å². The fourth-order valence-corrected chi connectivity index (χ4v) is 5.22. The van der Waals surface area contributed by atoms with E-state index in [-0.39, 0.29) is 24.2 Å². The lowest BCUT2D eigenvalue weighted by Crippen LogP contribution is -2.40. The zero-order chi connectivity index (χ0) is 18.6. The highest BCUT2D eigenvalue weighted by Crippen LogP contribution is 2.54. The predicted molar refractivity (Wildman–Crippen MR) is 97.0 cm³/mol. The maximum Gasteiger partial charge on any atom is 0.150 e. The molecule has 3 rings (SSSR count). The summed E-state index contributed by atoms with van der Waals surface area (Å²) in [7, 11) is 1.59. The average Bonchev–Trinajstić information content (AvgIpc) is 2.96. The summed E-state index contributed by atoms with van der Waals surface area (Å²) in [5.74, 6) is 0.631. The zero-order valence-corrected chi connectivity index (χ0v) is 16.1. The van der Waals surface area contributed by atoms with Gasteiger partial charge in [0.2, 0.25) is 0 Å². The van der Waals surface area contributed by atoms with Crippen LogP contribution in [0, 0.1) is 23.2 Å². The smallest absolute Gasteiger partial charge is 0.150 e. The van der Waals surface area contributed by atoms with E-state index in [1.54, 1.807) is 7.11 Å². The minimum Gasteiger partial charge on any atom is -0.392 e. The Bertz CT molecular complexity index is 632. The predicted octanol–water partition coefficient (Wildman–Crippen LogP) is 3.03. The molecule has 4 heteroatoms. The summed E-state index contributed by atoms with van der Waals surface area (Å²) in [5.41, 5.74) is 1.41. The van der Waals surface area contributed by atoms with Gasteiger partial charge in [0.25, 0.3) is 0 Å². The van der Waals surface area contributed by atoms with Crippen molar-refractivity contribution in [3.8, 4) is 0 Å². The van der Waals surface area contributed by atoms with E-state index in [9.17, 15) is 15.0 Å². The lowest BCUT2D eigenvalue weighted by atomic mass is 9.69. The van der Waals surface area contributed by atoms with Crippen LogP contribution in [-0.2, 0) is 9.53 Å². The average molecular weight is 348 g/mol. The van der Waals surface area contributed by atoms with Gasteiger partial charge < -0.3 is 14.9 Å². The molecule has 25 heavy (non-hydrogen) atoms. The molecule has 0 aliphatic heterocycles. The number of aliphatic hydroxyl groups excluding tert-OH is 1. The third kappa shape index (κ3) is 2.83. The van der Waals surface area contributed by atoms with Crippen LogP contribution in [0.3, 0.4) is 0 Å². The van der Waals surface area contributed by atoms with Gasteiger partial charge in [0.05, 0.1) is 18.1 Å². The first-order valence-corrected chi connectivity index (χ1v) is 9.52. The Morgan fingerprint density at radius 1 is 1.40 bits per heavy atom. The maximum absolute atomic E-state index is 13.0. The van der Waals surface area contributed by atoms with Crippen molar-refractivity contribution in [3.05, 3.63) is 22.8 Å². The first kappa shape index (κ1) is 18.8. The van der Waals surface area contributed by atoms with Crippen LogP contribution in [0.4, 0.5) is 0 Å². The summed E-state index contributed by atoms with van der Waals surface area (Å²) in [6.07, 6.45) is 4.01. The molecule has 0 aromatic carbocycles. The molecule has 4 nitrogen and oxygen atoms in total. The topological polar surface area (TPSA) is 66.8 Å². The van der Waals surface area contributed by atoms with E-state index >= 15 is 0 Å². The molecule has 1 fully saturated rings. The van der Waals surface area contributed by atoms with Crippen LogP contribution >= 0.6 is 0 Å². The van der Waals surface area contributed by atoms with Gasteiger partial charge in [-0.05, 0) is 49.5 Å². The van der Waals surface area contributed by atoms with Gasteiger partial charge in [0, 0.05) is 13.5 Å². The molecule has 0 unspecified atom stereocenters. The van der Waals surface area contributed by atoms with Gasteiger partial charge in [-0.2, -0.15) is 0 Å². The molecule has 1 saturated carbocycles. The number of carbonyl (C=O) groups is 1. The van der Waals surface area contributed by atoms with Crippen molar-refractivity contribution in [2.24, 2.45) is 23.2 Å². The highest BCUT2D eigenvalue weighted by molar-refractivity contribution is 5.95. The molecule has 0 aromatic heterocycles. The number of rotatable bonds is 3. The Labute approximate surface area is 151 Å². The number of aliphatic hydroxyl groups is 2. The molecule has 0 aromatic rings. The first-order chi connectivity index (χ1) is 11.6. The second kappa shape index (κ2) is 6.33. The van der Waals surface area contributed by atoms with Crippen molar-refractivity contribution in [1.82, 2.24) is 0 Å². The van der Waals surface area contributed by atoms with Crippen LogP contribution in [0.25, 0.3) is 0 Å². The Morgan fingerprint density at radius 2 is 2.08 bits per heavy atom. The van der Waals surface area contributed by atoms with E-state index in [1.807, 2.05) is 13.0 Å².